The molecule has 0 saturated carbocycles. The Morgan fingerprint density at radius 2 is 1.71 bits per heavy atom. The summed E-state index contributed by atoms with van der Waals surface area (Å²) in [5.41, 5.74) is 5.86. The quantitative estimate of drug-likeness (QED) is 0.671. The molecule has 156 valence electrons. The lowest BCUT2D eigenvalue weighted by Crippen LogP contribution is -2.51. The first-order valence-electron chi connectivity index (χ1n) is 11.0. The van der Waals surface area contributed by atoms with Gasteiger partial charge in [-0.3, -0.25) is 9.69 Å². The average molecular weight is 412 g/mol. The van der Waals surface area contributed by atoms with Crippen LogP contribution < -0.4 is 5.32 Å². The zero-order valence-corrected chi connectivity index (χ0v) is 17.3. The van der Waals surface area contributed by atoms with Gasteiger partial charge in [0.25, 0.3) is 5.91 Å². The molecule has 3 amide bonds. The van der Waals surface area contributed by atoms with Crippen molar-refractivity contribution in [2.45, 2.75) is 50.6 Å². The smallest absolute Gasteiger partial charge is 0.323 e. The van der Waals surface area contributed by atoms with Gasteiger partial charge >= 0.3 is 6.03 Å². The minimum atomic E-state index is -0.823. The number of hydrogen-bond acceptors (Lipinski definition) is 3. The van der Waals surface area contributed by atoms with Gasteiger partial charge in [0.2, 0.25) is 0 Å². The van der Waals surface area contributed by atoms with Gasteiger partial charge in [-0.1, -0.05) is 42.5 Å². The van der Waals surface area contributed by atoms with E-state index in [1.54, 1.807) is 0 Å². The molecule has 1 atom stereocenters. The Morgan fingerprint density at radius 3 is 2.55 bits per heavy atom. The van der Waals surface area contributed by atoms with E-state index >= 15 is 0 Å². The molecule has 1 fully saturated rings. The molecule has 31 heavy (non-hydrogen) atoms. The molecule has 6 nitrogen and oxygen atoms in total. The van der Waals surface area contributed by atoms with Crippen molar-refractivity contribution in [2.75, 3.05) is 0 Å². The van der Waals surface area contributed by atoms with E-state index in [4.69, 9.17) is 5.10 Å². The van der Waals surface area contributed by atoms with Crippen molar-refractivity contribution in [1.29, 1.82) is 0 Å². The summed E-state index contributed by atoms with van der Waals surface area (Å²) in [7, 11) is 0. The summed E-state index contributed by atoms with van der Waals surface area (Å²) in [6, 6.07) is 18.0. The number of carbonyl (C=O) groups excluding carboxylic acids is 2. The van der Waals surface area contributed by atoms with Crippen molar-refractivity contribution >= 4 is 11.9 Å². The van der Waals surface area contributed by atoms with E-state index in [0.29, 0.717) is 12.8 Å². The summed E-state index contributed by atoms with van der Waals surface area (Å²) in [6.45, 7) is 0.232. The standard InChI is InChI=1S/C25H24N4O2/c30-23-25(14-13-17-7-4-5-8-18(17)15-25)26-24(31)28(23)16-21-20-11-6-12-22(20)29(27-21)19-9-2-1-3-10-19/h1-5,7-10H,6,11-16H2,(H,26,31). The lowest BCUT2D eigenvalue weighted by atomic mass is 9.78. The second-order valence-corrected chi connectivity index (χ2v) is 8.82. The van der Waals surface area contributed by atoms with Gasteiger partial charge in [0.1, 0.15) is 5.54 Å². The number of para-hydroxylation sites is 1. The fraction of sp³-hybridized carbons (Fsp3) is 0.320. The van der Waals surface area contributed by atoms with Gasteiger partial charge < -0.3 is 5.32 Å². The van der Waals surface area contributed by atoms with Crippen molar-refractivity contribution < 1.29 is 9.59 Å². The largest absolute Gasteiger partial charge is 0.325 e. The van der Waals surface area contributed by atoms with Crippen LogP contribution in [0.15, 0.2) is 54.6 Å². The molecule has 1 N–H and O–H groups in total. The summed E-state index contributed by atoms with van der Waals surface area (Å²) in [5, 5.41) is 7.89. The van der Waals surface area contributed by atoms with E-state index in [1.807, 2.05) is 47.1 Å². The van der Waals surface area contributed by atoms with Crippen LogP contribution in [0.25, 0.3) is 5.69 Å². The SMILES string of the molecule is O=C1NC2(CCc3ccccc3C2)C(=O)N1Cc1nn(-c2ccccc2)c2c1CCC2. The molecular formula is C25H24N4O2. The van der Waals surface area contributed by atoms with Gasteiger partial charge in [-0.05, 0) is 60.9 Å². The fourth-order valence-corrected chi connectivity index (χ4v) is 5.42. The van der Waals surface area contributed by atoms with Crippen LogP contribution in [-0.4, -0.2) is 32.2 Å². The highest BCUT2D eigenvalue weighted by atomic mass is 16.2. The molecule has 2 aromatic carbocycles. The minimum Gasteiger partial charge on any atom is -0.323 e. The van der Waals surface area contributed by atoms with Crippen LogP contribution in [0.1, 0.15) is 40.9 Å². The predicted molar refractivity (Wildman–Crippen MR) is 116 cm³/mol. The van der Waals surface area contributed by atoms with Crippen LogP contribution in [0.4, 0.5) is 4.79 Å². The lowest BCUT2D eigenvalue weighted by Gasteiger charge is -2.32. The highest BCUT2D eigenvalue weighted by molar-refractivity contribution is 6.07. The number of imide groups is 1. The molecule has 2 heterocycles. The molecule has 0 bridgehead atoms. The number of fused-ring (bicyclic) bond motifs is 2. The third-order valence-corrected chi connectivity index (χ3v) is 7.00. The van der Waals surface area contributed by atoms with Crippen molar-refractivity contribution in [2.24, 2.45) is 0 Å². The number of hydrogen-bond donors (Lipinski definition) is 1. The van der Waals surface area contributed by atoms with E-state index in [9.17, 15) is 9.59 Å². The first kappa shape index (κ1) is 18.4. The minimum absolute atomic E-state index is 0.118. The van der Waals surface area contributed by atoms with Gasteiger partial charge in [0.05, 0.1) is 17.9 Å². The van der Waals surface area contributed by atoms with Gasteiger partial charge in [-0.25, -0.2) is 9.48 Å². The number of nitrogens with zero attached hydrogens (tertiary/aromatic N) is 3. The van der Waals surface area contributed by atoms with E-state index < -0.39 is 5.54 Å². The summed E-state index contributed by atoms with van der Waals surface area (Å²) >= 11 is 0. The molecule has 1 aliphatic heterocycles. The molecule has 1 aromatic heterocycles. The Bertz CT molecular complexity index is 1200. The Hall–Kier alpha value is -3.41. The second-order valence-electron chi connectivity index (χ2n) is 8.82. The number of benzene rings is 2. The number of urea groups is 1. The molecule has 2 aliphatic carbocycles. The highest BCUT2D eigenvalue weighted by Gasteiger charge is 2.52. The molecule has 6 heteroatoms. The van der Waals surface area contributed by atoms with Crippen LogP contribution in [0.5, 0.6) is 0 Å². The number of amides is 3. The molecule has 1 unspecified atom stereocenters. The Kier molecular flexibility index (Phi) is 4.03. The van der Waals surface area contributed by atoms with Crippen molar-refractivity contribution in [3.05, 3.63) is 82.7 Å². The summed E-state index contributed by atoms with van der Waals surface area (Å²) < 4.78 is 1.99. The molecule has 1 saturated heterocycles. The molecule has 0 radical (unpaired) electrons. The normalized spacial score (nSPS) is 22.0. The van der Waals surface area contributed by atoms with E-state index in [0.717, 1.165) is 42.6 Å². The Balaban J connectivity index is 1.31. The van der Waals surface area contributed by atoms with Crippen molar-refractivity contribution in [3.8, 4) is 5.69 Å². The molecule has 3 aromatic rings. The number of aryl methyl sites for hydroxylation is 1. The van der Waals surface area contributed by atoms with Crippen LogP contribution in [0.2, 0.25) is 0 Å². The van der Waals surface area contributed by atoms with Gasteiger partial charge in [0, 0.05) is 12.1 Å². The van der Waals surface area contributed by atoms with E-state index in [-0.39, 0.29) is 18.5 Å². The fourth-order valence-electron chi connectivity index (χ4n) is 5.42. The summed E-state index contributed by atoms with van der Waals surface area (Å²) in [6.07, 6.45) is 4.99. The number of nitrogens with one attached hydrogen (secondary N) is 1. The molecule has 1 spiro atoms. The Morgan fingerprint density at radius 1 is 0.935 bits per heavy atom. The molecular weight excluding hydrogens is 388 g/mol. The average Bonchev–Trinajstić information content (AvgIpc) is 3.46. The number of aromatic nitrogens is 2. The van der Waals surface area contributed by atoms with Crippen molar-refractivity contribution in [1.82, 2.24) is 20.0 Å². The van der Waals surface area contributed by atoms with E-state index in [1.165, 1.54) is 21.7 Å². The Labute approximate surface area is 180 Å². The third-order valence-electron chi connectivity index (χ3n) is 7.00. The lowest BCUT2D eigenvalue weighted by molar-refractivity contribution is -0.132. The zero-order valence-electron chi connectivity index (χ0n) is 17.3. The van der Waals surface area contributed by atoms with Crippen LogP contribution >= 0.6 is 0 Å². The third kappa shape index (κ3) is 2.81. The van der Waals surface area contributed by atoms with Crippen LogP contribution in [-0.2, 0) is 37.0 Å². The topological polar surface area (TPSA) is 67.2 Å². The second kappa shape index (κ2) is 6.80. The summed E-state index contributed by atoms with van der Waals surface area (Å²) in [4.78, 5) is 27.8. The number of carbonyl (C=O) groups is 2. The maximum Gasteiger partial charge on any atom is 0.325 e. The van der Waals surface area contributed by atoms with E-state index in [2.05, 4.69) is 17.4 Å². The van der Waals surface area contributed by atoms with Crippen LogP contribution in [0.3, 0.4) is 0 Å². The maximum absolute atomic E-state index is 13.5. The maximum atomic E-state index is 13.5. The van der Waals surface area contributed by atoms with Gasteiger partial charge in [0.15, 0.2) is 0 Å². The predicted octanol–water partition coefficient (Wildman–Crippen LogP) is 3.34. The summed E-state index contributed by atoms with van der Waals surface area (Å²) in [5.74, 6) is -0.118. The first-order valence-corrected chi connectivity index (χ1v) is 11.0. The highest BCUT2D eigenvalue weighted by Crippen LogP contribution is 2.35. The first-order chi connectivity index (χ1) is 15.1. The zero-order chi connectivity index (χ0) is 21.0. The van der Waals surface area contributed by atoms with Gasteiger partial charge in [-0.15, -0.1) is 0 Å². The number of rotatable bonds is 3. The van der Waals surface area contributed by atoms with Crippen LogP contribution in [0, 0.1) is 0 Å². The molecule has 3 aliphatic rings. The monoisotopic (exact) mass is 412 g/mol. The van der Waals surface area contributed by atoms with Crippen molar-refractivity contribution in [3.63, 3.8) is 0 Å². The van der Waals surface area contributed by atoms with Gasteiger partial charge in [-0.2, -0.15) is 5.10 Å². The molecule has 6 rings (SSSR count).